The van der Waals surface area contributed by atoms with Crippen LogP contribution in [-0.2, 0) is 6.42 Å². The van der Waals surface area contributed by atoms with Crippen LogP contribution in [0.5, 0.6) is 0 Å². The average molecular weight is 455 g/mol. The second-order valence-electron chi connectivity index (χ2n) is 9.24. The minimum atomic E-state index is -0.0356. The van der Waals surface area contributed by atoms with Crippen molar-refractivity contribution in [2.45, 2.75) is 53.0 Å². The van der Waals surface area contributed by atoms with E-state index in [1.54, 1.807) is 4.68 Å². The number of fused-ring (bicyclic) bond motifs is 1. The molecule has 2 aromatic heterocycles. The lowest BCUT2D eigenvalue weighted by Crippen LogP contribution is -2.25. The van der Waals surface area contributed by atoms with E-state index >= 15 is 0 Å². The van der Waals surface area contributed by atoms with Crippen molar-refractivity contribution in [3.63, 3.8) is 0 Å². The maximum absolute atomic E-state index is 13.4. The topological polar surface area (TPSA) is 67.5 Å². The number of nitrogens with zero attached hydrogens (tertiary/aromatic N) is 2. The highest BCUT2D eigenvalue weighted by Crippen LogP contribution is 2.26. The minimum absolute atomic E-state index is 0.00646. The molecular weight excluding hydrogens is 424 g/mol. The lowest BCUT2D eigenvalue weighted by molar-refractivity contribution is 0.0951. The Balaban J connectivity index is 1.56. The van der Waals surface area contributed by atoms with Crippen LogP contribution in [-0.4, -0.2) is 21.1 Å². The molecule has 1 aliphatic carbocycles. The number of amides is 1. The molecule has 1 amide bonds. The lowest BCUT2D eigenvalue weighted by Gasteiger charge is -2.14. The quantitative estimate of drug-likeness (QED) is 0.420. The molecule has 0 atom stereocenters. The summed E-state index contributed by atoms with van der Waals surface area (Å²) in [4.78, 5) is 26.0. The number of anilines is 2. The molecule has 1 fully saturated rings. The van der Waals surface area contributed by atoms with E-state index in [2.05, 4.69) is 10.6 Å². The number of benzene rings is 2. The third-order valence-corrected chi connectivity index (χ3v) is 6.61. The number of nitrogens with one attached hydrogen (secondary N) is 2. The summed E-state index contributed by atoms with van der Waals surface area (Å²) in [5.41, 5.74) is 8.14. The Labute approximate surface area is 199 Å². The van der Waals surface area contributed by atoms with Crippen molar-refractivity contribution >= 4 is 22.8 Å². The number of hydrogen-bond donors (Lipinski definition) is 2. The molecule has 6 heteroatoms. The summed E-state index contributed by atoms with van der Waals surface area (Å²) < 4.78 is 3.71. The second-order valence-corrected chi connectivity index (χ2v) is 9.24. The fraction of sp³-hybridized carbons (Fsp3) is 0.286. The van der Waals surface area contributed by atoms with Gasteiger partial charge in [0.1, 0.15) is 0 Å². The Morgan fingerprint density at radius 1 is 1.00 bits per heavy atom. The molecule has 1 aliphatic rings. The van der Waals surface area contributed by atoms with E-state index in [4.69, 9.17) is 0 Å². The molecule has 34 heavy (non-hydrogen) atoms. The first kappa shape index (κ1) is 22.0. The van der Waals surface area contributed by atoms with Crippen LogP contribution in [0, 0.1) is 20.8 Å². The molecule has 0 bridgehead atoms. The molecule has 0 saturated heterocycles. The molecule has 174 valence electrons. The molecular formula is C28H30N4O2. The Hall–Kier alpha value is -3.80. The third-order valence-electron chi connectivity index (χ3n) is 6.61. The van der Waals surface area contributed by atoms with E-state index in [1.807, 2.05) is 86.9 Å². The first-order valence-corrected chi connectivity index (χ1v) is 11.9. The van der Waals surface area contributed by atoms with Gasteiger partial charge in [-0.15, -0.1) is 0 Å². The van der Waals surface area contributed by atoms with Crippen LogP contribution in [0.1, 0.15) is 52.4 Å². The van der Waals surface area contributed by atoms with Gasteiger partial charge in [-0.25, -0.2) is 4.68 Å². The van der Waals surface area contributed by atoms with Crippen LogP contribution < -0.4 is 16.2 Å². The molecule has 4 aromatic rings. The van der Waals surface area contributed by atoms with E-state index in [9.17, 15) is 9.59 Å². The molecule has 2 heterocycles. The van der Waals surface area contributed by atoms with Crippen LogP contribution in [0.4, 0.5) is 11.4 Å². The van der Waals surface area contributed by atoms with Gasteiger partial charge in [0.2, 0.25) is 0 Å². The second kappa shape index (κ2) is 8.52. The van der Waals surface area contributed by atoms with Crippen molar-refractivity contribution in [2.75, 3.05) is 5.32 Å². The van der Waals surface area contributed by atoms with Gasteiger partial charge in [0.15, 0.2) is 0 Å². The van der Waals surface area contributed by atoms with Crippen LogP contribution >= 0.6 is 0 Å². The normalized spacial score (nSPS) is 13.3. The summed E-state index contributed by atoms with van der Waals surface area (Å²) in [6.07, 6.45) is 4.69. The Morgan fingerprint density at radius 2 is 1.74 bits per heavy atom. The van der Waals surface area contributed by atoms with E-state index < -0.39 is 0 Å². The molecule has 2 N–H and O–H groups in total. The molecule has 0 spiro atoms. The molecule has 0 radical (unpaired) electrons. The average Bonchev–Trinajstić information content (AvgIpc) is 3.58. The van der Waals surface area contributed by atoms with Crippen molar-refractivity contribution in [3.8, 4) is 5.69 Å². The van der Waals surface area contributed by atoms with Gasteiger partial charge in [-0.1, -0.05) is 31.2 Å². The van der Waals surface area contributed by atoms with Gasteiger partial charge < -0.3 is 10.6 Å². The highest BCUT2D eigenvalue weighted by Gasteiger charge is 2.24. The molecule has 1 saturated carbocycles. The minimum Gasteiger partial charge on any atom is -0.355 e. The van der Waals surface area contributed by atoms with Gasteiger partial charge in [0.25, 0.3) is 11.5 Å². The summed E-state index contributed by atoms with van der Waals surface area (Å²) in [5, 5.41) is 6.51. The zero-order valence-electron chi connectivity index (χ0n) is 20.1. The number of rotatable bonds is 6. The maximum atomic E-state index is 13.4. The molecule has 0 aliphatic heterocycles. The largest absolute Gasteiger partial charge is 0.355 e. The predicted molar refractivity (Wildman–Crippen MR) is 137 cm³/mol. The lowest BCUT2D eigenvalue weighted by atomic mass is 10.1. The van der Waals surface area contributed by atoms with E-state index in [1.165, 1.54) is 0 Å². The van der Waals surface area contributed by atoms with Crippen molar-refractivity contribution in [2.24, 2.45) is 0 Å². The molecule has 6 nitrogen and oxygen atoms in total. The number of aryl methyl sites for hydroxylation is 4. The number of hydrogen-bond acceptors (Lipinski definition) is 3. The van der Waals surface area contributed by atoms with Gasteiger partial charge in [-0.3, -0.25) is 14.1 Å². The molecule has 5 rings (SSSR count). The number of para-hydroxylation sites is 1. The van der Waals surface area contributed by atoms with Gasteiger partial charge in [0, 0.05) is 34.7 Å². The fourth-order valence-corrected chi connectivity index (χ4v) is 4.54. The smallest absolute Gasteiger partial charge is 0.275 e. The summed E-state index contributed by atoms with van der Waals surface area (Å²) in [7, 11) is 0. The van der Waals surface area contributed by atoms with Crippen LogP contribution in [0.2, 0.25) is 0 Å². The van der Waals surface area contributed by atoms with Gasteiger partial charge in [-0.2, -0.15) is 0 Å². The van der Waals surface area contributed by atoms with Crippen molar-refractivity contribution < 1.29 is 4.79 Å². The fourth-order valence-electron chi connectivity index (χ4n) is 4.54. The zero-order chi connectivity index (χ0) is 24.0. The predicted octanol–water partition coefficient (Wildman–Crippen LogP) is 5.21. The van der Waals surface area contributed by atoms with E-state index in [-0.39, 0.29) is 11.5 Å². The van der Waals surface area contributed by atoms with Gasteiger partial charge >= 0.3 is 0 Å². The van der Waals surface area contributed by atoms with Crippen molar-refractivity contribution in [1.29, 1.82) is 0 Å². The molecule has 0 unspecified atom stereocenters. The van der Waals surface area contributed by atoms with Crippen molar-refractivity contribution in [3.05, 3.63) is 92.9 Å². The van der Waals surface area contributed by atoms with E-state index in [0.29, 0.717) is 18.0 Å². The number of pyridine rings is 1. The molecule has 2 aromatic carbocycles. The standard InChI is InChI=1S/C28H30N4O2/c1-5-23-25-16-22(29-24-15-20(10-9-17(24)2)27(33)30-21-11-12-21)13-14-31(25)32(28(23)34)26-18(3)7-6-8-19(26)4/h6-10,13-16,21,29H,5,11-12H2,1-4H3,(H,30,33). The highest BCUT2D eigenvalue weighted by atomic mass is 16.2. The SMILES string of the molecule is CCc1c(=O)n(-c2c(C)cccc2C)n2ccc(Nc3cc(C(=O)NC4CC4)ccc3C)cc12. The Kier molecular flexibility index (Phi) is 5.52. The maximum Gasteiger partial charge on any atom is 0.275 e. The third kappa shape index (κ3) is 3.89. The monoisotopic (exact) mass is 454 g/mol. The van der Waals surface area contributed by atoms with Crippen LogP contribution in [0.3, 0.4) is 0 Å². The first-order chi connectivity index (χ1) is 16.4. The first-order valence-electron chi connectivity index (χ1n) is 11.9. The van der Waals surface area contributed by atoms with Gasteiger partial charge in [0.05, 0.1) is 11.2 Å². The summed E-state index contributed by atoms with van der Waals surface area (Å²) >= 11 is 0. The summed E-state index contributed by atoms with van der Waals surface area (Å²) in [5.74, 6) is -0.0356. The summed E-state index contributed by atoms with van der Waals surface area (Å²) in [6.45, 7) is 8.09. The van der Waals surface area contributed by atoms with Crippen LogP contribution in [0.15, 0.2) is 59.5 Å². The van der Waals surface area contributed by atoms with Crippen molar-refractivity contribution in [1.82, 2.24) is 14.5 Å². The highest BCUT2D eigenvalue weighted by molar-refractivity contribution is 5.96. The number of aromatic nitrogens is 2. The Morgan fingerprint density at radius 3 is 2.41 bits per heavy atom. The number of carbonyl (C=O) groups is 1. The van der Waals surface area contributed by atoms with Crippen LogP contribution in [0.25, 0.3) is 11.2 Å². The van der Waals surface area contributed by atoms with E-state index in [0.717, 1.165) is 57.7 Å². The number of carbonyl (C=O) groups excluding carboxylic acids is 1. The zero-order valence-corrected chi connectivity index (χ0v) is 20.1. The summed E-state index contributed by atoms with van der Waals surface area (Å²) in [6, 6.07) is 16.1. The van der Waals surface area contributed by atoms with Gasteiger partial charge in [-0.05, 0) is 81.0 Å². The Bertz CT molecular complexity index is 1450.